The molecule has 2 N–H and O–H groups in total. The second kappa shape index (κ2) is 5.99. The quantitative estimate of drug-likeness (QED) is 0.791. The van der Waals surface area contributed by atoms with E-state index in [-0.39, 0.29) is 0 Å². The van der Waals surface area contributed by atoms with Gasteiger partial charge in [0.15, 0.2) is 0 Å². The van der Waals surface area contributed by atoms with Crippen molar-refractivity contribution in [2.24, 2.45) is 11.7 Å². The van der Waals surface area contributed by atoms with Crippen molar-refractivity contribution >= 4 is 0 Å². The van der Waals surface area contributed by atoms with Crippen LogP contribution >= 0.6 is 0 Å². The first-order valence-corrected chi connectivity index (χ1v) is 6.85. The minimum absolute atomic E-state index is 0.386. The molecule has 0 aromatic carbocycles. The summed E-state index contributed by atoms with van der Waals surface area (Å²) in [6.07, 6.45) is 6.86. The molecule has 0 aromatic heterocycles. The summed E-state index contributed by atoms with van der Waals surface area (Å²) >= 11 is 0. The molecule has 2 heterocycles. The van der Waals surface area contributed by atoms with Crippen LogP contribution in [0.15, 0.2) is 0 Å². The normalized spacial score (nSPS) is 36.8. The number of rotatable bonds is 4. The summed E-state index contributed by atoms with van der Waals surface area (Å²) in [6.45, 7) is 6.79. The average molecular weight is 226 g/mol. The van der Waals surface area contributed by atoms with Crippen LogP contribution in [0.2, 0.25) is 0 Å². The molecule has 0 radical (unpaired) electrons. The van der Waals surface area contributed by atoms with Gasteiger partial charge in [-0.3, -0.25) is 0 Å². The van der Waals surface area contributed by atoms with E-state index in [1.807, 2.05) is 0 Å². The highest BCUT2D eigenvalue weighted by Gasteiger charge is 2.23. The van der Waals surface area contributed by atoms with Gasteiger partial charge in [-0.2, -0.15) is 0 Å². The van der Waals surface area contributed by atoms with Crippen molar-refractivity contribution in [1.82, 2.24) is 4.90 Å². The van der Waals surface area contributed by atoms with Crippen LogP contribution in [-0.2, 0) is 4.74 Å². The minimum atomic E-state index is 0.386. The third-order valence-electron chi connectivity index (χ3n) is 4.13. The Morgan fingerprint density at radius 2 is 2.25 bits per heavy atom. The van der Waals surface area contributed by atoms with Crippen molar-refractivity contribution in [2.75, 3.05) is 26.2 Å². The number of ether oxygens (including phenoxy) is 1. The van der Waals surface area contributed by atoms with Gasteiger partial charge in [-0.1, -0.05) is 6.92 Å². The molecular formula is C13H26N2O. The first-order valence-electron chi connectivity index (χ1n) is 6.85. The number of piperidine rings is 1. The highest BCUT2D eigenvalue weighted by molar-refractivity contribution is 4.80. The standard InChI is InChI=1S/C13H26N2O/c1-11-6-8-15(10-13(11)14)7-2-4-12-5-3-9-16-12/h11-13H,2-10,14H2,1H3. The Balaban J connectivity index is 1.59. The highest BCUT2D eigenvalue weighted by atomic mass is 16.5. The van der Waals surface area contributed by atoms with E-state index in [1.165, 1.54) is 45.2 Å². The molecule has 94 valence electrons. The Morgan fingerprint density at radius 1 is 1.38 bits per heavy atom. The zero-order valence-corrected chi connectivity index (χ0v) is 10.5. The fourth-order valence-corrected chi connectivity index (χ4v) is 2.79. The predicted molar refractivity (Wildman–Crippen MR) is 66.4 cm³/mol. The lowest BCUT2D eigenvalue weighted by Crippen LogP contribution is -2.47. The van der Waals surface area contributed by atoms with Crippen LogP contribution in [0.3, 0.4) is 0 Å². The zero-order valence-electron chi connectivity index (χ0n) is 10.5. The van der Waals surface area contributed by atoms with Gasteiger partial charge in [-0.25, -0.2) is 0 Å². The number of hydrogen-bond donors (Lipinski definition) is 1. The summed E-state index contributed by atoms with van der Waals surface area (Å²) in [7, 11) is 0. The van der Waals surface area contributed by atoms with E-state index >= 15 is 0 Å². The second-order valence-electron chi connectivity index (χ2n) is 5.51. The molecule has 2 fully saturated rings. The van der Waals surface area contributed by atoms with Gasteiger partial charge in [-0.15, -0.1) is 0 Å². The number of hydrogen-bond acceptors (Lipinski definition) is 3. The maximum Gasteiger partial charge on any atom is 0.0576 e. The second-order valence-corrected chi connectivity index (χ2v) is 5.51. The summed E-state index contributed by atoms with van der Waals surface area (Å²) in [5.41, 5.74) is 6.10. The molecule has 0 bridgehead atoms. The van der Waals surface area contributed by atoms with E-state index in [0.717, 1.165) is 13.2 Å². The maximum absolute atomic E-state index is 6.10. The van der Waals surface area contributed by atoms with Crippen molar-refractivity contribution in [3.05, 3.63) is 0 Å². The van der Waals surface area contributed by atoms with Crippen molar-refractivity contribution < 1.29 is 4.74 Å². The van der Waals surface area contributed by atoms with Gasteiger partial charge < -0.3 is 15.4 Å². The van der Waals surface area contributed by atoms with Crippen LogP contribution in [0, 0.1) is 5.92 Å². The molecule has 2 aliphatic heterocycles. The fraction of sp³-hybridized carbons (Fsp3) is 1.00. The molecule has 0 aliphatic carbocycles. The SMILES string of the molecule is CC1CCN(CCCC2CCCO2)CC1N. The van der Waals surface area contributed by atoms with E-state index in [1.54, 1.807) is 0 Å². The molecule has 3 unspecified atom stereocenters. The summed E-state index contributed by atoms with van der Waals surface area (Å²) in [5.74, 6) is 0.703. The molecule has 0 spiro atoms. The topological polar surface area (TPSA) is 38.5 Å². The van der Waals surface area contributed by atoms with Gasteiger partial charge in [0.25, 0.3) is 0 Å². The van der Waals surface area contributed by atoms with E-state index in [4.69, 9.17) is 10.5 Å². The molecule has 0 amide bonds. The predicted octanol–water partition coefficient (Wildman–Crippen LogP) is 1.61. The van der Waals surface area contributed by atoms with Gasteiger partial charge >= 0.3 is 0 Å². The zero-order chi connectivity index (χ0) is 11.4. The third-order valence-corrected chi connectivity index (χ3v) is 4.13. The average Bonchev–Trinajstić information content (AvgIpc) is 2.76. The number of likely N-dealkylation sites (tertiary alicyclic amines) is 1. The minimum Gasteiger partial charge on any atom is -0.378 e. The van der Waals surface area contributed by atoms with Crippen LogP contribution in [0.25, 0.3) is 0 Å². The summed E-state index contributed by atoms with van der Waals surface area (Å²) in [6, 6.07) is 0.386. The van der Waals surface area contributed by atoms with E-state index < -0.39 is 0 Å². The molecule has 2 rings (SSSR count). The van der Waals surface area contributed by atoms with Crippen molar-refractivity contribution in [3.8, 4) is 0 Å². The largest absolute Gasteiger partial charge is 0.378 e. The number of nitrogens with two attached hydrogens (primary N) is 1. The van der Waals surface area contributed by atoms with Gasteiger partial charge in [-0.05, 0) is 51.1 Å². The van der Waals surface area contributed by atoms with Gasteiger partial charge in [0.1, 0.15) is 0 Å². The van der Waals surface area contributed by atoms with Gasteiger partial charge in [0, 0.05) is 19.2 Å². The number of nitrogens with zero attached hydrogens (tertiary/aromatic N) is 1. The lowest BCUT2D eigenvalue weighted by atomic mass is 9.94. The summed E-state index contributed by atoms with van der Waals surface area (Å²) in [4.78, 5) is 2.53. The molecule has 0 aromatic rings. The molecule has 2 aliphatic rings. The van der Waals surface area contributed by atoms with Crippen LogP contribution in [-0.4, -0.2) is 43.3 Å². The Morgan fingerprint density at radius 3 is 2.94 bits per heavy atom. The monoisotopic (exact) mass is 226 g/mol. The van der Waals surface area contributed by atoms with Crippen LogP contribution < -0.4 is 5.73 Å². The fourth-order valence-electron chi connectivity index (χ4n) is 2.79. The Labute approximate surface area is 99.3 Å². The molecule has 0 saturated carbocycles. The van der Waals surface area contributed by atoms with Crippen molar-refractivity contribution in [3.63, 3.8) is 0 Å². The first kappa shape index (κ1) is 12.3. The lowest BCUT2D eigenvalue weighted by Gasteiger charge is -2.35. The van der Waals surface area contributed by atoms with E-state index in [2.05, 4.69) is 11.8 Å². The van der Waals surface area contributed by atoms with Crippen LogP contribution in [0.5, 0.6) is 0 Å². The lowest BCUT2D eigenvalue weighted by molar-refractivity contribution is 0.0950. The van der Waals surface area contributed by atoms with E-state index in [0.29, 0.717) is 18.1 Å². The molecule has 3 heteroatoms. The molecule has 3 atom stereocenters. The summed E-state index contributed by atoms with van der Waals surface area (Å²) < 4.78 is 5.64. The molecule has 3 nitrogen and oxygen atoms in total. The maximum atomic E-state index is 6.10. The summed E-state index contributed by atoms with van der Waals surface area (Å²) in [5, 5.41) is 0. The highest BCUT2D eigenvalue weighted by Crippen LogP contribution is 2.19. The smallest absolute Gasteiger partial charge is 0.0576 e. The molecule has 2 saturated heterocycles. The Hall–Kier alpha value is -0.120. The van der Waals surface area contributed by atoms with E-state index in [9.17, 15) is 0 Å². The Bertz CT molecular complexity index is 204. The van der Waals surface area contributed by atoms with Crippen LogP contribution in [0.1, 0.15) is 39.0 Å². The van der Waals surface area contributed by atoms with Crippen molar-refractivity contribution in [1.29, 1.82) is 0 Å². The van der Waals surface area contributed by atoms with Gasteiger partial charge in [0.05, 0.1) is 6.10 Å². The van der Waals surface area contributed by atoms with Crippen LogP contribution in [0.4, 0.5) is 0 Å². The van der Waals surface area contributed by atoms with Gasteiger partial charge in [0.2, 0.25) is 0 Å². The molecule has 16 heavy (non-hydrogen) atoms. The first-order chi connectivity index (χ1) is 7.75. The van der Waals surface area contributed by atoms with Crippen molar-refractivity contribution in [2.45, 2.75) is 51.2 Å². The Kier molecular flexibility index (Phi) is 4.62. The third kappa shape index (κ3) is 3.44. The molecular weight excluding hydrogens is 200 g/mol.